The van der Waals surface area contributed by atoms with E-state index in [2.05, 4.69) is 10.2 Å². The van der Waals surface area contributed by atoms with Crippen LogP contribution in [0.5, 0.6) is 0 Å². The molecule has 72 valence electrons. The van der Waals surface area contributed by atoms with E-state index >= 15 is 0 Å². The highest BCUT2D eigenvalue weighted by molar-refractivity contribution is 7.98. The topological polar surface area (TPSA) is 56.7 Å². The van der Waals surface area contributed by atoms with Crippen LogP contribution in [0, 0.1) is 0 Å². The predicted molar refractivity (Wildman–Crippen MR) is 57.6 cm³/mol. The Hall–Kier alpha value is -1.49. The molecule has 0 unspecified atom stereocenters. The second-order valence-electron chi connectivity index (χ2n) is 2.76. The van der Waals surface area contributed by atoms with Crippen LogP contribution in [-0.2, 0) is 0 Å². The smallest absolute Gasteiger partial charge is 0.166 e. The second kappa shape index (κ2) is 3.71. The van der Waals surface area contributed by atoms with Crippen molar-refractivity contribution in [2.24, 2.45) is 0 Å². The highest BCUT2D eigenvalue weighted by Gasteiger charge is 2.00. The van der Waals surface area contributed by atoms with E-state index in [-0.39, 0.29) is 0 Å². The predicted octanol–water partition coefficient (Wildman–Crippen LogP) is 1.57. The van der Waals surface area contributed by atoms with Gasteiger partial charge in [0, 0.05) is 4.90 Å². The number of thioether (sulfide) groups is 1. The van der Waals surface area contributed by atoms with Gasteiger partial charge in [-0.1, -0.05) is 6.07 Å². The molecule has 0 amide bonds. The molecule has 5 heteroatoms. The van der Waals surface area contributed by atoms with Crippen molar-refractivity contribution in [3.8, 4) is 5.69 Å². The number of aromatic nitrogens is 3. The highest BCUT2D eigenvalue weighted by atomic mass is 32.2. The Morgan fingerprint density at radius 1 is 1.43 bits per heavy atom. The third-order valence-corrected chi connectivity index (χ3v) is 2.52. The Kier molecular flexibility index (Phi) is 2.41. The molecular formula is C9H10N4S. The fraction of sp³-hybridized carbons (Fsp3) is 0.111. The van der Waals surface area contributed by atoms with Crippen LogP contribution in [0.2, 0.25) is 0 Å². The van der Waals surface area contributed by atoms with Crippen LogP contribution in [0.15, 0.2) is 35.4 Å². The van der Waals surface area contributed by atoms with Crippen molar-refractivity contribution in [2.75, 3.05) is 12.0 Å². The minimum absolute atomic E-state index is 0.430. The quantitative estimate of drug-likeness (QED) is 0.758. The summed E-state index contributed by atoms with van der Waals surface area (Å²) in [5, 5.41) is 8.06. The Labute approximate surface area is 86.1 Å². The molecule has 14 heavy (non-hydrogen) atoms. The van der Waals surface area contributed by atoms with E-state index in [0.717, 1.165) is 5.69 Å². The highest BCUT2D eigenvalue weighted by Crippen LogP contribution is 2.17. The molecule has 0 aliphatic rings. The normalized spacial score (nSPS) is 10.4. The maximum absolute atomic E-state index is 5.49. The summed E-state index contributed by atoms with van der Waals surface area (Å²) in [6.07, 6.45) is 3.57. The lowest BCUT2D eigenvalue weighted by atomic mass is 10.3. The summed E-state index contributed by atoms with van der Waals surface area (Å²) in [4.78, 5) is 2.70. The zero-order valence-electron chi connectivity index (χ0n) is 7.71. The molecule has 0 radical (unpaired) electrons. The Morgan fingerprint density at radius 2 is 2.29 bits per heavy atom. The van der Waals surface area contributed by atoms with Crippen molar-refractivity contribution in [2.45, 2.75) is 4.90 Å². The maximum atomic E-state index is 5.49. The molecule has 1 aromatic carbocycles. The van der Waals surface area contributed by atoms with Crippen LogP contribution in [0.25, 0.3) is 5.69 Å². The molecule has 2 aromatic rings. The van der Waals surface area contributed by atoms with Gasteiger partial charge >= 0.3 is 0 Å². The maximum Gasteiger partial charge on any atom is 0.166 e. The molecule has 4 nitrogen and oxygen atoms in total. The number of benzene rings is 1. The number of hydrogen-bond acceptors (Lipinski definition) is 4. The van der Waals surface area contributed by atoms with E-state index in [9.17, 15) is 0 Å². The van der Waals surface area contributed by atoms with Crippen LogP contribution in [-0.4, -0.2) is 21.2 Å². The van der Waals surface area contributed by atoms with E-state index in [0.29, 0.717) is 5.82 Å². The Bertz CT molecular complexity index is 438. The molecule has 0 atom stereocenters. The van der Waals surface area contributed by atoms with Crippen LogP contribution >= 0.6 is 11.8 Å². The lowest BCUT2D eigenvalue weighted by Gasteiger charge is -2.00. The van der Waals surface area contributed by atoms with Gasteiger partial charge in [0.15, 0.2) is 5.82 Å². The average Bonchev–Trinajstić information content (AvgIpc) is 2.65. The molecule has 2 N–H and O–H groups in total. The molecule has 0 saturated carbocycles. The first-order valence-electron chi connectivity index (χ1n) is 4.12. The standard InChI is InChI=1S/C9H10N4S/c1-14-8-4-2-3-7(5-8)13-11-6-9(10)12-13/h2-6H,1H3,(H2,10,12). The van der Waals surface area contributed by atoms with Gasteiger partial charge in [0.1, 0.15) is 0 Å². The lowest BCUT2D eigenvalue weighted by Crippen LogP contribution is -1.99. The van der Waals surface area contributed by atoms with Crippen molar-refractivity contribution in [3.05, 3.63) is 30.5 Å². The van der Waals surface area contributed by atoms with Crippen molar-refractivity contribution in [1.29, 1.82) is 0 Å². The number of nitrogens with two attached hydrogens (primary N) is 1. The number of hydrogen-bond donors (Lipinski definition) is 1. The van der Waals surface area contributed by atoms with Gasteiger partial charge in [0.05, 0.1) is 11.9 Å². The van der Waals surface area contributed by atoms with Gasteiger partial charge in [0.25, 0.3) is 0 Å². The van der Waals surface area contributed by atoms with Gasteiger partial charge in [-0.05, 0) is 24.5 Å². The third kappa shape index (κ3) is 1.72. The molecular weight excluding hydrogens is 196 g/mol. The van der Waals surface area contributed by atoms with Crippen LogP contribution in [0.1, 0.15) is 0 Å². The molecule has 0 aliphatic heterocycles. The van der Waals surface area contributed by atoms with Crippen molar-refractivity contribution in [1.82, 2.24) is 15.0 Å². The molecule has 0 aliphatic carbocycles. The molecule has 1 aromatic heterocycles. The Morgan fingerprint density at radius 3 is 2.93 bits per heavy atom. The van der Waals surface area contributed by atoms with Gasteiger partial charge in [0.2, 0.25) is 0 Å². The zero-order valence-corrected chi connectivity index (χ0v) is 8.53. The summed E-state index contributed by atoms with van der Waals surface area (Å²) < 4.78 is 0. The fourth-order valence-corrected chi connectivity index (χ4v) is 1.59. The van der Waals surface area contributed by atoms with E-state index in [1.807, 2.05) is 30.5 Å². The van der Waals surface area contributed by atoms with E-state index in [1.54, 1.807) is 11.8 Å². The van der Waals surface area contributed by atoms with Gasteiger partial charge in [-0.15, -0.1) is 21.7 Å². The molecule has 1 heterocycles. The SMILES string of the molecule is CSc1cccc(-n2ncc(N)n2)c1. The van der Waals surface area contributed by atoms with Gasteiger partial charge in [-0.3, -0.25) is 0 Å². The molecule has 2 rings (SSSR count). The minimum atomic E-state index is 0.430. The first-order chi connectivity index (χ1) is 6.79. The van der Waals surface area contributed by atoms with E-state index in [4.69, 9.17) is 5.73 Å². The Balaban J connectivity index is 2.41. The van der Waals surface area contributed by atoms with Crippen LogP contribution in [0.4, 0.5) is 5.82 Å². The number of nitrogen functional groups attached to an aromatic ring is 1. The van der Waals surface area contributed by atoms with E-state index in [1.165, 1.54) is 15.9 Å². The first kappa shape index (κ1) is 9.08. The fourth-order valence-electron chi connectivity index (χ4n) is 1.13. The number of nitrogens with zero attached hydrogens (tertiary/aromatic N) is 3. The molecule has 0 fully saturated rings. The van der Waals surface area contributed by atoms with Crippen molar-refractivity contribution in [3.63, 3.8) is 0 Å². The summed E-state index contributed by atoms with van der Waals surface area (Å²) in [5.74, 6) is 0.430. The van der Waals surface area contributed by atoms with Gasteiger partial charge in [-0.25, -0.2) is 0 Å². The van der Waals surface area contributed by atoms with E-state index < -0.39 is 0 Å². The second-order valence-corrected chi connectivity index (χ2v) is 3.64. The summed E-state index contributed by atoms with van der Waals surface area (Å²) in [6.45, 7) is 0. The molecule has 0 spiro atoms. The summed E-state index contributed by atoms with van der Waals surface area (Å²) in [7, 11) is 0. The molecule has 0 saturated heterocycles. The number of rotatable bonds is 2. The van der Waals surface area contributed by atoms with Gasteiger partial charge in [-0.2, -0.15) is 5.10 Å². The molecule has 0 bridgehead atoms. The summed E-state index contributed by atoms with van der Waals surface area (Å²) >= 11 is 1.68. The number of anilines is 1. The largest absolute Gasteiger partial charge is 0.381 e. The summed E-state index contributed by atoms with van der Waals surface area (Å²) in [6, 6.07) is 7.98. The minimum Gasteiger partial charge on any atom is -0.381 e. The summed E-state index contributed by atoms with van der Waals surface area (Å²) in [5.41, 5.74) is 6.41. The van der Waals surface area contributed by atoms with Crippen LogP contribution < -0.4 is 5.73 Å². The van der Waals surface area contributed by atoms with Crippen molar-refractivity contribution >= 4 is 17.6 Å². The third-order valence-electron chi connectivity index (χ3n) is 1.79. The lowest BCUT2D eigenvalue weighted by molar-refractivity contribution is 0.752. The zero-order chi connectivity index (χ0) is 9.97. The monoisotopic (exact) mass is 206 g/mol. The average molecular weight is 206 g/mol. The van der Waals surface area contributed by atoms with Crippen molar-refractivity contribution < 1.29 is 0 Å². The first-order valence-corrected chi connectivity index (χ1v) is 5.34. The van der Waals surface area contributed by atoms with Crippen LogP contribution in [0.3, 0.4) is 0 Å². The van der Waals surface area contributed by atoms with Gasteiger partial charge < -0.3 is 5.73 Å².